The van der Waals surface area contributed by atoms with E-state index in [-0.39, 0.29) is 17.1 Å². The van der Waals surface area contributed by atoms with Crippen molar-refractivity contribution >= 4 is 34.7 Å². The minimum atomic E-state index is -0.525. The highest BCUT2D eigenvalue weighted by molar-refractivity contribution is 8.18. The third-order valence-corrected chi connectivity index (χ3v) is 4.21. The van der Waals surface area contributed by atoms with E-state index in [1.54, 1.807) is 36.5 Å². The second kappa shape index (κ2) is 6.09. The lowest BCUT2D eigenvalue weighted by Crippen LogP contribution is -2.27. The maximum absolute atomic E-state index is 12.4. The minimum Gasteiger partial charge on any atom is -0.362 e. The first-order chi connectivity index (χ1) is 11.1. The molecule has 2 heterocycles. The van der Waals surface area contributed by atoms with Crippen LogP contribution in [0.1, 0.15) is 11.3 Å². The monoisotopic (exact) mass is 329 g/mol. The van der Waals surface area contributed by atoms with Gasteiger partial charge in [-0.15, -0.1) is 0 Å². The zero-order chi connectivity index (χ0) is 16.4. The van der Waals surface area contributed by atoms with E-state index in [9.17, 15) is 19.7 Å². The van der Waals surface area contributed by atoms with E-state index in [1.807, 2.05) is 0 Å². The predicted molar refractivity (Wildman–Crippen MR) is 85.4 cm³/mol. The number of imide groups is 1. The first kappa shape index (κ1) is 15.0. The van der Waals surface area contributed by atoms with Gasteiger partial charge in [-0.1, -0.05) is 18.2 Å². The van der Waals surface area contributed by atoms with Gasteiger partial charge >= 0.3 is 0 Å². The Morgan fingerprint density at radius 3 is 2.70 bits per heavy atom. The van der Waals surface area contributed by atoms with E-state index in [1.165, 1.54) is 12.1 Å². The van der Waals surface area contributed by atoms with Crippen molar-refractivity contribution < 1.29 is 14.5 Å². The molecule has 0 atom stereocenters. The molecular formula is C15H11N3O4S. The van der Waals surface area contributed by atoms with Crippen molar-refractivity contribution in [2.24, 2.45) is 0 Å². The number of hydrogen-bond acceptors (Lipinski definition) is 5. The van der Waals surface area contributed by atoms with Crippen LogP contribution in [0.2, 0.25) is 0 Å². The summed E-state index contributed by atoms with van der Waals surface area (Å²) >= 11 is 0.822. The van der Waals surface area contributed by atoms with Gasteiger partial charge in [0.25, 0.3) is 16.8 Å². The molecule has 1 aliphatic heterocycles. The van der Waals surface area contributed by atoms with Crippen LogP contribution >= 0.6 is 11.8 Å². The van der Waals surface area contributed by atoms with Crippen LogP contribution in [0.4, 0.5) is 10.5 Å². The van der Waals surface area contributed by atoms with Gasteiger partial charge in [-0.2, -0.15) is 0 Å². The highest BCUT2D eigenvalue weighted by Gasteiger charge is 2.36. The fraction of sp³-hybridized carbons (Fsp3) is 0.0667. The Bertz CT molecular complexity index is 814. The number of para-hydroxylation sites is 1. The Labute approximate surface area is 135 Å². The summed E-state index contributed by atoms with van der Waals surface area (Å²) in [5.74, 6) is -0.451. The number of benzene rings is 1. The normalized spacial score (nSPS) is 16.3. The summed E-state index contributed by atoms with van der Waals surface area (Å²) in [4.78, 5) is 39.2. The summed E-state index contributed by atoms with van der Waals surface area (Å²) < 4.78 is 0. The van der Waals surface area contributed by atoms with Gasteiger partial charge in [0.1, 0.15) is 0 Å². The van der Waals surface area contributed by atoms with Crippen molar-refractivity contribution in [3.63, 3.8) is 0 Å². The predicted octanol–water partition coefficient (Wildman–Crippen LogP) is 3.16. The van der Waals surface area contributed by atoms with E-state index < -0.39 is 16.1 Å². The maximum atomic E-state index is 12.4. The lowest BCUT2D eigenvalue weighted by molar-refractivity contribution is -0.385. The molecule has 1 N–H and O–H groups in total. The summed E-state index contributed by atoms with van der Waals surface area (Å²) in [6.07, 6.45) is 3.30. The number of hydrogen-bond donors (Lipinski definition) is 1. The van der Waals surface area contributed by atoms with E-state index in [4.69, 9.17) is 0 Å². The molecule has 1 saturated heterocycles. The fourth-order valence-electron chi connectivity index (χ4n) is 2.20. The lowest BCUT2D eigenvalue weighted by atomic mass is 10.1. The van der Waals surface area contributed by atoms with Crippen molar-refractivity contribution in [2.45, 2.75) is 6.54 Å². The fourth-order valence-corrected chi connectivity index (χ4v) is 3.03. The number of nitrogens with one attached hydrogen (secondary N) is 1. The number of nitro benzene ring substituents is 1. The molecule has 1 aromatic heterocycles. The molecular weight excluding hydrogens is 318 g/mol. The van der Waals surface area contributed by atoms with Gasteiger partial charge < -0.3 is 4.98 Å². The first-order valence-electron chi connectivity index (χ1n) is 6.67. The number of aromatic amines is 1. The van der Waals surface area contributed by atoms with Crippen molar-refractivity contribution in [2.75, 3.05) is 0 Å². The number of carbonyl (C=O) groups excluding carboxylic acids is 2. The first-order valence-corrected chi connectivity index (χ1v) is 7.49. The number of nitrogens with zero attached hydrogens (tertiary/aromatic N) is 2. The SMILES string of the molecule is O=C1S/C(=C\c2ccc[nH]2)C(=O)N1Cc1ccccc1[N+](=O)[O-]. The Balaban J connectivity index is 1.86. The Morgan fingerprint density at radius 2 is 2.00 bits per heavy atom. The third-order valence-electron chi connectivity index (χ3n) is 3.30. The lowest BCUT2D eigenvalue weighted by Gasteiger charge is -2.12. The number of carbonyl (C=O) groups is 2. The van der Waals surface area contributed by atoms with Gasteiger partial charge in [0.05, 0.1) is 16.4 Å². The number of thioether (sulfide) groups is 1. The van der Waals surface area contributed by atoms with Crippen molar-refractivity contribution in [3.8, 4) is 0 Å². The molecule has 0 radical (unpaired) electrons. The van der Waals surface area contributed by atoms with Crippen molar-refractivity contribution in [1.82, 2.24) is 9.88 Å². The number of amides is 2. The topological polar surface area (TPSA) is 96.3 Å². The highest BCUT2D eigenvalue weighted by Crippen LogP contribution is 2.34. The molecule has 2 aromatic rings. The molecule has 1 fully saturated rings. The van der Waals surface area contributed by atoms with Crippen LogP contribution in [0.3, 0.4) is 0 Å². The van der Waals surface area contributed by atoms with E-state index in [0.717, 1.165) is 16.7 Å². The number of aromatic nitrogens is 1. The number of H-pyrrole nitrogens is 1. The zero-order valence-electron chi connectivity index (χ0n) is 11.8. The van der Waals surface area contributed by atoms with Crippen LogP contribution in [-0.2, 0) is 11.3 Å². The Morgan fingerprint density at radius 1 is 1.22 bits per heavy atom. The average molecular weight is 329 g/mol. The molecule has 116 valence electrons. The Kier molecular flexibility index (Phi) is 3.98. The standard InChI is InChI=1S/C15H11N3O4S/c19-14-13(8-11-5-3-7-16-11)23-15(20)17(14)9-10-4-1-2-6-12(10)18(21)22/h1-8,16H,9H2/b13-8-. The molecule has 0 spiro atoms. The molecule has 0 saturated carbocycles. The summed E-state index contributed by atoms with van der Waals surface area (Å²) in [6.45, 7) is -0.121. The van der Waals surface area contributed by atoms with Gasteiger partial charge in [-0.05, 0) is 30.0 Å². The van der Waals surface area contributed by atoms with E-state index >= 15 is 0 Å². The van der Waals surface area contributed by atoms with Gasteiger partial charge in [0, 0.05) is 23.5 Å². The summed E-state index contributed by atoms with van der Waals surface area (Å²) in [5.41, 5.74) is 0.919. The maximum Gasteiger partial charge on any atom is 0.293 e. The second-order valence-corrected chi connectivity index (χ2v) is 5.77. The zero-order valence-corrected chi connectivity index (χ0v) is 12.6. The molecule has 1 aliphatic rings. The summed E-state index contributed by atoms with van der Waals surface area (Å²) in [6, 6.07) is 9.62. The smallest absolute Gasteiger partial charge is 0.293 e. The highest BCUT2D eigenvalue weighted by atomic mass is 32.2. The minimum absolute atomic E-state index is 0.111. The summed E-state index contributed by atoms with van der Waals surface area (Å²) in [5, 5.41) is 10.6. The molecule has 0 bridgehead atoms. The molecule has 8 heteroatoms. The van der Waals surface area contributed by atoms with Crippen LogP contribution in [0.15, 0.2) is 47.5 Å². The molecule has 1 aromatic carbocycles. The van der Waals surface area contributed by atoms with Crippen molar-refractivity contribution in [3.05, 3.63) is 68.9 Å². The van der Waals surface area contributed by atoms with Gasteiger partial charge in [0.15, 0.2) is 0 Å². The van der Waals surface area contributed by atoms with E-state index in [0.29, 0.717) is 11.3 Å². The van der Waals surface area contributed by atoms with Crippen LogP contribution in [0, 0.1) is 10.1 Å². The molecule has 2 amide bonds. The Hall–Kier alpha value is -2.87. The van der Waals surface area contributed by atoms with Crippen LogP contribution in [-0.4, -0.2) is 26.0 Å². The van der Waals surface area contributed by atoms with Gasteiger partial charge in [-0.25, -0.2) is 0 Å². The van der Waals surface area contributed by atoms with Crippen LogP contribution in [0.25, 0.3) is 6.08 Å². The second-order valence-electron chi connectivity index (χ2n) is 4.78. The quantitative estimate of drug-likeness (QED) is 0.528. The summed E-state index contributed by atoms with van der Waals surface area (Å²) in [7, 11) is 0. The molecule has 0 unspecified atom stereocenters. The molecule has 7 nitrogen and oxygen atoms in total. The van der Waals surface area contributed by atoms with Gasteiger partial charge in [0.2, 0.25) is 0 Å². The van der Waals surface area contributed by atoms with Crippen molar-refractivity contribution in [1.29, 1.82) is 0 Å². The molecule has 3 rings (SSSR count). The number of nitro groups is 1. The van der Waals surface area contributed by atoms with Crippen LogP contribution < -0.4 is 0 Å². The molecule has 0 aliphatic carbocycles. The number of rotatable bonds is 4. The average Bonchev–Trinajstić information content (AvgIpc) is 3.12. The van der Waals surface area contributed by atoms with Gasteiger partial charge in [-0.3, -0.25) is 24.6 Å². The van der Waals surface area contributed by atoms with E-state index in [2.05, 4.69) is 4.98 Å². The largest absolute Gasteiger partial charge is 0.362 e. The van der Waals surface area contributed by atoms with Crippen LogP contribution in [0.5, 0.6) is 0 Å². The third kappa shape index (κ3) is 3.02. The molecule has 23 heavy (non-hydrogen) atoms.